The van der Waals surface area contributed by atoms with Gasteiger partial charge in [-0.25, -0.2) is 0 Å². The molecule has 0 radical (unpaired) electrons. The minimum Gasteiger partial charge on any atom is -0.508 e. The van der Waals surface area contributed by atoms with Gasteiger partial charge in [-0.3, -0.25) is 4.79 Å². The van der Waals surface area contributed by atoms with E-state index in [9.17, 15) is 9.90 Å². The van der Waals surface area contributed by atoms with Crippen molar-refractivity contribution in [3.05, 3.63) is 29.3 Å². The largest absolute Gasteiger partial charge is 0.508 e. The third-order valence-corrected chi connectivity index (χ3v) is 2.67. The predicted octanol–water partition coefficient (Wildman–Crippen LogP) is 1.59. The second kappa shape index (κ2) is 3.33. The average Bonchev–Trinajstić information content (AvgIpc) is 2.14. The van der Waals surface area contributed by atoms with E-state index >= 15 is 0 Å². The number of carbonyl (C=O) groups excluding carboxylic acids is 1. The first-order valence-corrected chi connectivity index (χ1v) is 4.59. The van der Waals surface area contributed by atoms with Crippen LogP contribution in [0.5, 0.6) is 5.75 Å². The third kappa shape index (κ3) is 1.45. The minimum absolute atomic E-state index is 0.172. The number of phenols is 1. The average molecular weight is 192 g/mol. The Hall–Kier alpha value is -1.51. The van der Waals surface area contributed by atoms with Gasteiger partial charge in [-0.2, -0.15) is 0 Å². The van der Waals surface area contributed by atoms with Crippen molar-refractivity contribution >= 4 is 5.97 Å². The summed E-state index contributed by atoms with van der Waals surface area (Å²) in [5, 5.41) is 9.19. The van der Waals surface area contributed by atoms with Crippen LogP contribution >= 0.6 is 0 Å². The molecule has 3 heteroatoms. The van der Waals surface area contributed by atoms with E-state index in [4.69, 9.17) is 0 Å². The van der Waals surface area contributed by atoms with Gasteiger partial charge in [0.15, 0.2) is 0 Å². The van der Waals surface area contributed by atoms with Crippen molar-refractivity contribution in [2.24, 2.45) is 0 Å². The smallest absolute Gasteiger partial charge is 0.306 e. The molecular weight excluding hydrogens is 180 g/mol. The zero-order chi connectivity index (χ0) is 10.1. The van der Waals surface area contributed by atoms with Crippen LogP contribution in [0.4, 0.5) is 0 Å². The molecule has 0 aliphatic heterocycles. The number of rotatable bonds is 2. The molecule has 0 unspecified atom stereocenters. The third-order valence-electron chi connectivity index (χ3n) is 2.67. The molecule has 1 aromatic carbocycles. The normalized spacial score (nSPS) is 18.2. The van der Waals surface area contributed by atoms with Gasteiger partial charge in [0, 0.05) is 0 Å². The number of carbonyl (C=O) groups is 1. The molecule has 0 bridgehead atoms. The van der Waals surface area contributed by atoms with Gasteiger partial charge in [0.25, 0.3) is 0 Å². The van der Waals surface area contributed by atoms with Crippen LogP contribution in [0, 0.1) is 0 Å². The van der Waals surface area contributed by atoms with Crippen molar-refractivity contribution in [2.75, 3.05) is 7.11 Å². The zero-order valence-corrected chi connectivity index (χ0v) is 7.99. The maximum atomic E-state index is 11.0. The second-order valence-corrected chi connectivity index (χ2v) is 3.56. The fraction of sp³-hybridized carbons (Fsp3) is 0.364. The summed E-state index contributed by atoms with van der Waals surface area (Å²) in [7, 11) is 1.40. The molecule has 0 fully saturated rings. The topological polar surface area (TPSA) is 46.5 Å². The lowest BCUT2D eigenvalue weighted by Gasteiger charge is -2.29. The van der Waals surface area contributed by atoms with Gasteiger partial charge < -0.3 is 9.84 Å². The zero-order valence-electron chi connectivity index (χ0n) is 7.99. The summed E-state index contributed by atoms with van der Waals surface area (Å²) in [6, 6.07) is 5.28. The number of methoxy groups -OCH3 is 1. The Morgan fingerprint density at radius 1 is 1.64 bits per heavy atom. The van der Waals surface area contributed by atoms with Crippen LogP contribution in [0.2, 0.25) is 0 Å². The number of hydrogen-bond acceptors (Lipinski definition) is 3. The Labute approximate surface area is 82.3 Å². The van der Waals surface area contributed by atoms with Gasteiger partial charge in [-0.15, -0.1) is 0 Å². The van der Waals surface area contributed by atoms with Gasteiger partial charge in [0.05, 0.1) is 13.5 Å². The highest BCUT2D eigenvalue weighted by atomic mass is 16.5. The molecule has 1 aromatic rings. The number of esters is 1. The van der Waals surface area contributed by atoms with Crippen LogP contribution in [-0.4, -0.2) is 18.2 Å². The van der Waals surface area contributed by atoms with Crippen molar-refractivity contribution < 1.29 is 14.6 Å². The molecule has 0 saturated carbocycles. The summed E-state index contributed by atoms with van der Waals surface area (Å²) >= 11 is 0. The van der Waals surface area contributed by atoms with E-state index in [0.29, 0.717) is 12.2 Å². The summed E-state index contributed by atoms with van der Waals surface area (Å²) in [4.78, 5) is 11.0. The van der Waals surface area contributed by atoms with Crippen LogP contribution in [0.15, 0.2) is 18.2 Å². The molecule has 0 amide bonds. The van der Waals surface area contributed by atoms with Crippen molar-refractivity contribution in [2.45, 2.75) is 18.8 Å². The van der Waals surface area contributed by atoms with Crippen molar-refractivity contribution in [3.63, 3.8) is 0 Å². The van der Waals surface area contributed by atoms with E-state index in [1.54, 1.807) is 12.1 Å². The number of phenolic OH excluding ortho intramolecular Hbond substituents is 1. The molecule has 0 aromatic heterocycles. The van der Waals surface area contributed by atoms with Crippen LogP contribution in [0.1, 0.15) is 23.5 Å². The van der Waals surface area contributed by atoms with E-state index in [1.165, 1.54) is 7.11 Å². The van der Waals surface area contributed by atoms with Crippen LogP contribution < -0.4 is 0 Å². The van der Waals surface area contributed by atoms with E-state index in [0.717, 1.165) is 17.5 Å². The molecule has 14 heavy (non-hydrogen) atoms. The van der Waals surface area contributed by atoms with Crippen molar-refractivity contribution in [1.29, 1.82) is 0 Å². The standard InChI is InChI=1S/C11H12O3/c1-14-11(13)6-8-4-7-5-9(12)2-3-10(7)8/h2-3,5,8,12H,4,6H2,1H3/t8-/m0/s1. The minimum atomic E-state index is -0.172. The molecule has 2 rings (SSSR count). The van der Waals surface area contributed by atoms with Crippen molar-refractivity contribution in [3.8, 4) is 5.75 Å². The second-order valence-electron chi connectivity index (χ2n) is 3.56. The maximum absolute atomic E-state index is 11.0. The summed E-state index contributed by atoms with van der Waals surface area (Å²) in [6.45, 7) is 0. The van der Waals surface area contributed by atoms with E-state index in [1.807, 2.05) is 6.07 Å². The Morgan fingerprint density at radius 2 is 2.43 bits per heavy atom. The summed E-state index contributed by atoms with van der Waals surface area (Å²) in [5.41, 5.74) is 2.30. The first kappa shape index (κ1) is 9.06. The highest BCUT2D eigenvalue weighted by molar-refractivity contribution is 5.71. The molecular formula is C11H12O3. The van der Waals surface area contributed by atoms with Gasteiger partial charge in [0.2, 0.25) is 0 Å². The van der Waals surface area contributed by atoms with E-state index < -0.39 is 0 Å². The van der Waals surface area contributed by atoms with E-state index in [-0.39, 0.29) is 11.9 Å². The fourth-order valence-electron chi connectivity index (χ4n) is 1.88. The fourth-order valence-corrected chi connectivity index (χ4v) is 1.88. The molecule has 1 aliphatic rings. The Morgan fingerprint density at radius 3 is 3.07 bits per heavy atom. The van der Waals surface area contributed by atoms with Gasteiger partial charge in [0.1, 0.15) is 5.75 Å². The molecule has 74 valence electrons. The lowest BCUT2D eigenvalue weighted by Crippen LogP contribution is -2.20. The molecule has 1 N–H and O–H groups in total. The van der Waals surface area contributed by atoms with Gasteiger partial charge >= 0.3 is 5.97 Å². The summed E-state index contributed by atoms with van der Waals surface area (Å²) in [6.07, 6.45) is 1.30. The van der Waals surface area contributed by atoms with Crippen molar-refractivity contribution in [1.82, 2.24) is 0 Å². The number of benzene rings is 1. The first-order chi connectivity index (χ1) is 6.70. The first-order valence-electron chi connectivity index (χ1n) is 4.59. The lowest BCUT2D eigenvalue weighted by atomic mass is 9.76. The molecule has 0 saturated heterocycles. The monoisotopic (exact) mass is 192 g/mol. The molecule has 1 atom stereocenters. The quantitative estimate of drug-likeness (QED) is 0.724. The summed E-state index contributed by atoms with van der Waals surface area (Å²) < 4.78 is 4.61. The molecule has 0 heterocycles. The van der Waals surface area contributed by atoms with Crippen LogP contribution in [0.3, 0.4) is 0 Å². The van der Waals surface area contributed by atoms with Gasteiger partial charge in [-0.1, -0.05) is 6.07 Å². The van der Waals surface area contributed by atoms with E-state index in [2.05, 4.69) is 4.74 Å². The number of hydrogen-bond donors (Lipinski definition) is 1. The Bertz CT molecular complexity index is 371. The number of fused-ring (bicyclic) bond motifs is 1. The molecule has 1 aliphatic carbocycles. The Kier molecular flexibility index (Phi) is 2.15. The highest BCUT2D eigenvalue weighted by Gasteiger charge is 2.28. The highest BCUT2D eigenvalue weighted by Crippen LogP contribution is 2.39. The summed E-state index contributed by atoms with van der Waals surface area (Å²) in [5.74, 6) is 0.395. The molecule has 3 nitrogen and oxygen atoms in total. The Balaban J connectivity index is 2.09. The predicted molar refractivity (Wildman–Crippen MR) is 51.2 cm³/mol. The maximum Gasteiger partial charge on any atom is 0.306 e. The van der Waals surface area contributed by atoms with Crippen LogP contribution in [0.25, 0.3) is 0 Å². The van der Waals surface area contributed by atoms with Crippen LogP contribution in [-0.2, 0) is 16.0 Å². The number of ether oxygens (including phenoxy) is 1. The SMILES string of the molecule is COC(=O)C[C@@H]1Cc2cc(O)ccc21. The lowest BCUT2D eigenvalue weighted by molar-refractivity contribution is -0.141. The van der Waals surface area contributed by atoms with Gasteiger partial charge in [-0.05, 0) is 35.6 Å². The molecule has 0 spiro atoms. The number of aromatic hydroxyl groups is 1.